The van der Waals surface area contributed by atoms with Crippen LogP contribution in [0.25, 0.3) is 0 Å². The Labute approximate surface area is 103 Å². The van der Waals surface area contributed by atoms with Crippen molar-refractivity contribution in [1.29, 1.82) is 0 Å². The largest absolute Gasteiger partial charge is 0.495 e. The summed E-state index contributed by atoms with van der Waals surface area (Å²) in [6.45, 7) is 1.66. The number of carbonyl (C=O) groups excluding carboxylic acids is 1. The molecule has 0 spiro atoms. The van der Waals surface area contributed by atoms with E-state index in [2.05, 4.69) is 4.98 Å². The van der Waals surface area contributed by atoms with Gasteiger partial charge in [0.05, 0.1) is 25.0 Å². The fourth-order valence-electron chi connectivity index (χ4n) is 1.41. The monoisotopic (exact) mass is 260 g/mol. The van der Waals surface area contributed by atoms with Gasteiger partial charge in [0.25, 0.3) is 6.43 Å². The molecule has 0 unspecified atom stereocenters. The van der Waals surface area contributed by atoms with Crippen LogP contribution >= 0.6 is 0 Å². The number of hydrogen-bond donors (Lipinski definition) is 1. The summed E-state index contributed by atoms with van der Waals surface area (Å²) in [7, 11) is 1.22. The molecule has 18 heavy (non-hydrogen) atoms. The molecule has 0 aromatic carbocycles. The lowest BCUT2D eigenvalue weighted by Gasteiger charge is -2.12. The SMILES string of the molecule is CCOC(=O)c1cc(OC)c(C(F)F)nc1CN. The molecule has 0 bridgehead atoms. The maximum absolute atomic E-state index is 12.7. The second kappa shape index (κ2) is 6.25. The minimum absolute atomic E-state index is 0.0422. The standard InChI is InChI=1S/C11H14F2N2O3/c1-3-18-11(16)6-4-8(17-2)9(10(12)13)15-7(6)5-14/h4,10H,3,5,14H2,1-2H3. The van der Waals surface area contributed by atoms with E-state index in [1.165, 1.54) is 13.2 Å². The predicted molar refractivity (Wildman–Crippen MR) is 59.6 cm³/mol. The second-order valence-electron chi connectivity index (χ2n) is 3.30. The maximum Gasteiger partial charge on any atom is 0.340 e. The molecule has 0 radical (unpaired) electrons. The zero-order valence-corrected chi connectivity index (χ0v) is 10.1. The first-order valence-electron chi connectivity index (χ1n) is 5.28. The Morgan fingerprint density at radius 3 is 2.67 bits per heavy atom. The van der Waals surface area contributed by atoms with E-state index in [4.69, 9.17) is 15.2 Å². The number of halogens is 2. The van der Waals surface area contributed by atoms with Crippen LogP contribution in [0.15, 0.2) is 6.07 Å². The molecule has 0 saturated heterocycles. The summed E-state index contributed by atoms with van der Waals surface area (Å²) in [4.78, 5) is 15.3. The highest BCUT2D eigenvalue weighted by atomic mass is 19.3. The van der Waals surface area contributed by atoms with E-state index in [1.807, 2.05) is 0 Å². The van der Waals surface area contributed by atoms with Crippen molar-refractivity contribution in [3.8, 4) is 5.75 Å². The van der Waals surface area contributed by atoms with Crippen LogP contribution in [0.5, 0.6) is 5.75 Å². The molecular weight excluding hydrogens is 246 g/mol. The minimum atomic E-state index is -2.80. The first-order valence-corrected chi connectivity index (χ1v) is 5.28. The molecular formula is C11H14F2N2O3. The van der Waals surface area contributed by atoms with Crippen molar-refractivity contribution in [3.63, 3.8) is 0 Å². The summed E-state index contributed by atoms with van der Waals surface area (Å²) < 4.78 is 35.0. The number of methoxy groups -OCH3 is 1. The number of nitrogens with zero attached hydrogens (tertiary/aromatic N) is 1. The molecule has 100 valence electrons. The number of rotatable bonds is 5. The van der Waals surface area contributed by atoms with Gasteiger partial charge in [-0.1, -0.05) is 0 Å². The van der Waals surface area contributed by atoms with E-state index in [0.29, 0.717) is 0 Å². The Balaban J connectivity index is 3.30. The Kier molecular flexibility index (Phi) is 4.96. The lowest BCUT2D eigenvalue weighted by molar-refractivity contribution is 0.0523. The molecule has 0 amide bonds. The molecule has 0 saturated carbocycles. The number of carbonyl (C=O) groups is 1. The van der Waals surface area contributed by atoms with Crippen LogP contribution in [0, 0.1) is 0 Å². The van der Waals surface area contributed by atoms with Crippen LogP contribution in [-0.2, 0) is 11.3 Å². The fourth-order valence-corrected chi connectivity index (χ4v) is 1.41. The summed E-state index contributed by atoms with van der Waals surface area (Å²) in [6.07, 6.45) is -2.80. The van der Waals surface area contributed by atoms with Gasteiger partial charge in [-0.25, -0.2) is 18.6 Å². The summed E-state index contributed by atoms with van der Waals surface area (Å²) in [5.41, 5.74) is 4.96. The molecule has 0 atom stereocenters. The lowest BCUT2D eigenvalue weighted by Crippen LogP contribution is -2.14. The third kappa shape index (κ3) is 2.92. The van der Waals surface area contributed by atoms with Gasteiger partial charge in [0.15, 0.2) is 0 Å². The van der Waals surface area contributed by atoms with Gasteiger partial charge in [-0.05, 0) is 13.0 Å². The predicted octanol–water partition coefficient (Wildman–Crippen LogP) is 1.66. The quantitative estimate of drug-likeness (QED) is 0.815. The number of esters is 1. The second-order valence-corrected chi connectivity index (χ2v) is 3.30. The first kappa shape index (κ1) is 14.3. The summed E-state index contributed by atoms with van der Waals surface area (Å²) >= 11 is 0. The fraction of sp³-hybridized carbons (Fsp3) is 0.455. The number of nitrogens with two attached hydrogens (primary N) is 1. The van der Waals surface area contributed by atoms with Crippen LogP contribution in [0.4, 0.5) is 8.78 Å². The van der Waals surface area contributed by atoms with E-state index in [1.54, 1.807) is 6.92 Å². The summed E-state index contributed by atoms with van der Waals surface area (Å²) in [5.74, 6) is -0.824. The number of aromatic nitrogens is 1. The van der Waals surface area contributed by atoms with E-state index < -0.39 is 18.1 Å². The van der Waals surface area contributed by atoms with Crippen molar-refractivity contribution in [2.75, 3.05) is 13.7 Å². The topological polar surface area (TPSA) is 74.4 Å². The van der Waals surface area contributed by atoms with Gasteiger partial charge in [0, 0.05) is 6.54 Å². The molecule has 5 nitrogen and oxygen atoms in total. The smallest absolute Gasteiger partial charge is 0.340 e. The van der Waals surface area contributed by atoms with Crippen molar-refractivity contribution in [3.05, 3.63) is 23.0 Å². The van der Waals surface area contributed by atoms with Crippen LogP contribution in [0.2, 0.25) is 0 Å². The highest BCUT2D eigenvalue weighted by molar-refractivity contribution is 5.91. The number of ether oxygens (including phenoxy) is 2. The average Bonchev–Trinajstić information content (AvgIpc) is 2.37. The van der Waals surface area contributed by atoms with Gasteiger partial charge in [0.1, 0.15) is 11.4 Å². The Morgan fingerprint density at radius 2 is 2.22 bits per heavy atom. The van der Waals surface area contributed by atoms with E-state index in [9.17, 15) is 13.6 Å². The van der Waals surface area contributed by atoms with Gasteiger partial charge in [-0.15, -0.1) is 0 Å². The van der Waals surface area contributed by atoms with Crippen LogP contribution < -0.4 is 10.5 Å². The molecule has 1 aromatic heterocycles. The first-order chi connectivity index (χ1) is 8.54. The zero-order valence-electron chi connectivity index (χ0n) is 10.1. The number of hydrogen-bond acceptors (Lipinski definition) is 5. The molecule has 0 aliphatic heterocycles. The van der Waals surface area contributed by atoms with Gasteiger partial charge >= 0.3 is 5.97 Å². The highest BCUT2D eigenvalue weighted by Crippen LogP contribution is 2.29. The van der Waals surface area contributed by atoms with Gasteiger partial charge < -0.3 is 15.2 Å². The number of pyridine rings is 1. The van der Waals surface area contributed by atoms with Gasteiger partial charge in [-0.2, -0.15) is 0 Å². The zero-order chi connectivity index (χ0) is 13.7. The third-order valence-electron chi connectivity index (χ3n) is 2.21. The third-order valence-corrected chi connectivity index (χ3v) is 2.21. The lowest BCUT2D eigenvalue weighted by atomic mass is 10.1. The van der Waals surface area contributed by atoms with E-state index in [0.717, 1.165) is 0 Å². The van der Waals surface area contributed by atoms with Crippen molar-refractivity contribution in [2.24, 2.45) is 5.73 Å². The van der Waals surface area contributed by atoms with Crippen LogP contribution in [0.3, 0.4) is 0 Å². The highest BCUT2D eigenvalue weighted by Gasteiger charge is 2.22. The van der Waals surface area contributed by atoms with Crippen LogP contribution in [0.1, 0.15) is 35.1 Å². The number of alkyl halides is 2. The van der Waals surface area contributed by atoms with E-state index in [-0.39, 0.29) is 30.2 Å². The van der Waals surface area contributed by atoms with Crippen molar-refractivity contribution < 1.29 is 23.0 Å². The maximum atomic E-state index is 12.7. The van der Waals surface area contributed by atoms with Crippen molar-refractivity contribution in [2.45, 2.75) is 19.9 Å². The molecule has 0 fully saturated rings. The molecule has 1 aromatic rings. The molecule has 1 heterocycles. The van der Waals surface area contributed by atoms with Gasteiger partial charge in [-0.3, -0.25) is 0 Å². The molecule has 7 heteroatoms. The normalized spacial score (nSPS) is 10.6. The van der Waals surface area contributed by atoms with Crippen molar-refractivity contribution >= 4 is 5.97 Å². The molecule has 0 aliphatic carbocycles. The van der Waals surface area contributed by atoms with Gasteiger partial charge in [0.2, 0.25) is 0 Å². The minimum Gasteiger partial charge on any atom is -0.495 e. The Hall–Kier alpha value is -1.76. The van der Waals surface area contributed by atoms with E-state index >= 15 is 0 Å². The average molecular weight is 260 g/mol. The Bertz CT molecular complexity index is 439. The molecule has 2 N–H and O–H groups in total. The Morgan fingerprint density at radius 1 is 1.56 bits per heavy atom. The summed E-state index contributed by atoms with van der Waals surface area (Å²) in [5, 5.41) is 0. The van der Waals surface area contributed by atoms with Crippen molar-refractivity contribution in [1.82, 2.24) is 4.98 Å². The molecule has 1 rings (SSSR count). The summed E-state index contributed by atoms with van der Waals surface area (Å²) in [6, 6.07) is 1.18. The molecule has 0 aliphatic rings. The van der Waals surface area contributed by atoms with Crippen LogP contribution in [-0.4, -0.2) is 24.7 Å².